The molecule has 2 aliphatic heterocycles. The van der Waals surface area contributed by atoms with Crippen LogP contribution in [0.25, 0.3) is 0 Å². The number of amides is 2. The van der Waals surface area contributed by atoms with Crippen molar-refractivity contribution >= 4 is 23.5 Å². The molecular weight excluding hydrogens is 386 g/mol. The summed E-state index contributed by atoms with van der Waals surface area (Å²) in [4.78, 5) is 44.7. The summed E-state index contributed by atoms with van der Waals surface area (Å²) in [5.74, 6) is 0.736. The third-order valence-electron chi connectivity index (χ3n) is 5.62. The molecule has 0 unspecified atom stereocenters. The van der Waals surface area contributed by atoms with E-state index in [1.165, 1.54) is 11.4 Å². The topological polar surface area (TPSA) is 127 Å². The van der Waals surface area contributed by atoms with Crippen molar-refractivity contribution in [1.29, 1.82) is 0 Å². The molecule has 0 radical (unpaired) electrons. The maximum absolute atomic E-state index is 13.2. The fraction of sp³-hybridized carbons (Fsp3) is 0.450. The van der Waals surface area contributed by atoms with Crippen molar-refractivity contribution in [2.24, 2.45) is 11.7 Å². The van der Waals surface area contributed by atoms with Gasteiger partial charge in [0.1, 0.15) is 23.7 Å². The number of nitrogens with two attached hydrogens (primary N) is 1. The standard InChI is InChI=1S/C20H25N7O3/c1-22-17-3-2-14(11-23-17)16-6-9-30-27(16)20(29)13-4-7-26(8-5-13)18-10-15(19(21)28)24-12-25-18/h2-3,10-13,16H,4-9H2,1H3,(H2,21,28)(H,22,23)/t16-/m0/s1. The van der Waals surface area contributed by atoms with E-state index < -0.39 is 5.91 Å². The summed E-state index contributed by atoms with van der Waals surface area (Å²) in [6, 6.07) is 5.35. The summed E-state index contributed by atoms with van der Waals surface area (Å²) in [7, 11) is 1.82. The number of nitrogens with zero attached hydrogens (tertiary/aromatic N) is 5. The van der Waals surface area contributed by atoms with Gasteiger partial charge in [-0.1, -0.05) is 6.07 Å². The molecule has 3 N–H and O–H groups in total. The van der Waals surface area contributed by atoms with Crippen molar-refractivity contribution in [3.8, 4) is 0 Å². The quantitative estimate of drug-likeness (QED) is 0.750. The summed E-state index contributed by atoms with van der Waals surface area (Å²) in [6.45, 7) is 1.82. The molecule has 0 saturated carbocycles. The van der Waals surface area contributed by atoms with Crippen LogP contribution in [0.2, 0.25) is 0 Å². The van der Waals surface area contributed by atoms with Gasteiger partial charge in [0.15, 0.2) is 0 Å². The van der Waals surface area contributed by atoms with Gasteiger partial charge in [-0.05, 0) is 24.5 Å². The van der Waals surface area contributed by atoms with Gasteiger partial charge in [0.25, 0.3) is 5.91 Å². The molecule has 2 amide bonds. The monoisotopic (exact) mass is 411 g/mol. The van der Waals surface area contributed by atoms with E-state index in [1.54, 1.807) is 12.3 Å². The smallest absolute Gasteiger partial charge is 0.267 e. The van der Waals surface area contributed by atoms with Gasteiger partial charge in [-0.15, -0.1) is 0 Å². The van der Waals surface area contributed by atoms with Gasteiger partial charge in [-0.2, -0.15) is 0 Å². The number of primary amides is 1. The minimum atomic E-state index is -0.585. The highest BCUT2D eigenvalue weighted by Crippen LogP contribution is 2.33. The van der Waals surface area contributed by atoms with Crippen LogP contribution in [0.3, 0.4) is 0 Å². The number of pyridine rings is 1. The maximum atomic E-state index is 13.2. The Hall–Kier alpha value is -3.27. The highest BCUT2D eigenvalue weighted by molar-refractivity contribution is 5.91. The summed E-state index contributed by atoms with van der Waals surface area (Å²) in [5, 5.41) is 4.53. The van der Waals surface area contributed by atoms with Crippen molar-refractivity contribution in [2.75, 3.05) is 37.0 Å². The number of anilines is 2. The zero-order valence-corrected chi connectivity index (χ0v) is 16.8. The number of carbonyl (C=O) groups is 2. The van der Waals surface area contributed by atoms with Gasteiger partial charge >= 0.3 is 0 Å². The number of carbonyl (C=O) groups excluding carboxylic acids is 2. The van der Waals surface area contributed by atoms with Crippen LogP contribution in [0.1, 0.15) is 41.4 Å². The zero-order valence-electron chi connectivity index (χ0n) is 16.8. The highest BCUT2D eigenvalue weighted by atomic mass is 16.7. The molecule has 2 fully saturated rings. The van der Waals surface area contributed by atoms with Crippen LogP contribution in [0, 0.1) is 5.92 Å². The molecule has 2 aromatic heterocycles. The fourth-order valence-electron chi connectivity index (χ4n) is 3.93. The first-order valence-electron chi connectivity index (χ1n) is 10.0. The predicted molar refractivity (Wildman–Crippen MR) is 109 cm³/mol. The Kier molecular flexibility index (Phi) is 5.75. The van der Waals surface area contributed by atoms with Crippen molar-refractivity contribution in [1.82, 2.24) is 20.0 Å². The van der Waals surface area contributed by atoms with Crippen LogP contribution in [0.5, 0.6) is 0 Å². The van der Waals surface area contributed by atoms with E-state index in [0.29, 0.717) is 38.4 Å². The maximum Gasteiger partial charge on any atom is 0.267 e. The molecule has 0 aliphatic carbocycles. The number of rotatable bonds is 5. The van der Waals surface area contributed by atoms with Crippen molar-refractivity contribution < 1.29 is 14.4 Å². The lowest BCUT2D eigenvalue weighted by molar-refractivity contribution is -0.182. The number of piperidine rings is 1. The molecule has 158 valence electrons. The number of aromatic nitrogens is 3. The Balaban J connectivity index is 1.40. The lowest BCUT2D eigenvalue weighted by Gasteiger charge is -2.34. The van der Waals surface area contributed by atoms with Gasteiger partial charge < -0.3 is 16.0 Å². The molecule has 1 atom stereocenters. The first-order chi connectivity index (χ1) is 14.6. The van der Waals surface area contributed by atoms with Crippen LogP contribution in [0.15, 0.2) is 30.7 Å². The Labute approximate surface area is 174 Å². The fourth-order valence-corrected chi connectivity index (χ4v) is 3.93. The minimum Gasteiger partial charge on any atom is -0.373 e. The Bertz CT molecular complexity index is 913. The Morgan fingerprint density at radius 3 is 2.63 bits per heavy atom. The van der Waals surface area contributed by atoms with E-state index in [1.807, 2.05) is 24.1 Å². The van der Waals surface area contributed by atoms with Gasteiger partial charge in [-0.3, -0.25) is 14.4 Å². The van der Waals surface area contributed by atoms with Gasteiger partial charge in [0.2, 0.25) is 5.91 Å². The third kappa shape index (κ3) is 4.04. The van der Waals surface area contributed by atoms with Gasteiger partial charge in [0.05, 0.1) is 12.6 Å². The molecular formula is C20H25N7O3. The largest absolute Gasteiger partial charge is 0.373 e. The van der Waals surface area contributed by atoms with E-state index >= 15 is 0 Å². The molecule has 0 spiro atoms. The van der Waals surface area contributed by atoms with Crippen LogP contribution in [-0.4, -0.2) is 58.6 Å². The molecule has 4 heterocycles. The van der Waals surface area contributed by atoms with Crippen LogP contribution in [-0.2, 0) is 9.63 Å². The van der Waals surface area contributed by atoms with E-state index in [-0.39, 0.29) is 23.6 Å². The summed E-state index contributed by atoms with van der Waals surface area (Å²) >= 11 is 0. The Morgan fingerprint density at radius 1 is 1.17 bits per heavy atom. The predicted octanol–water partition coefficient (Wildman–Crippen LogP) is 1.13. The second kappa shape index (κ2) is 8.62. The third-order valence-corrected chi connectivity index (χ3v) is 5.62. The van der Waals surface area contributed by atoms with Crippen LogP contribution < -0.4 is 16.0 Å². The SMILES string of the molecule is CNc1ccc([C@@H]2CCON2C(=O)C2CCN(c3cc(C(N)=O)ncn3)CC2)cn1. The lowest BCUT2D eigenvalue weighted by Crippen LogP contribution is -2.42. The number of hydroxylamine groups is 2. The number of hydrogen-bond acceptors (Lipinski definition) is 8. The summed E-state index contributed by atoms with van der Waals surface area (Å²) in [6.07, 6.45) is 5.24. The Morgan fingerprint density at radius 2 is 1.97 bits per heavy atom. The molecule has 2 aliphatic rings. The number of nitrogens with one attached hydrogen (secondary N) is 1. The molecule has 0 bridgehead atoms. The second-order valence-corrected chi connectivity index (χ2v) is 7.42. The summed E-state index contributed by atoms with van der Waals surface area (Å²) < 4.78 is 0. The van der Waals surface area contributed by atoms with Crippen LogP contribution >= 0.6 is 0 Å². The van der Waals surface area contributed by atoms with E-state index in [4.69, 9.17) is 10.6 Å². The molecule has 2 aromatic rings. The van der Waals surface area contributed by atoms with Crippen molar-refractivity contribution in [2.45, 2.75) is 25.3 Å². The molecule has 10 heteroatoms. The zero-order chi connectivity index (χ0) is 21.1. The molecule has 0 aromatic carbocycles. The normalized spacial score (nSPS) is 19.7. The molecule has 30 heavy (non-hydrogen) atoms. The van der Waals surface area contributed by atoms with Crippen molar-refractivity contribution in [3.05, 3.63) is 42.0 Å². The minimum absolute atomic E-state index is 0.00959. The number of hydrogen-bond donors (Lipinski definition) is 2. The summed E-state index contributed by atoms with van der Waals surface area (Å²) in [5.41, 5.74) is 6.46. The van der Waals surface area contributed by atoms with Crippen molar-refractivity contribution in [3.63, 3.8) is 0 Å². The molecule has 10 nitrogen and oxygen atoms in total. The first-order valence-corrected chi connectivity index (χ1v) is 10.0. The van der Waals surface area contributed by atoms with E-state index in [9.17, 15) is 9.59 Å². The van der Waals surface area contributed by atoms with E-state index in [2.05, 4.69) is 20.3 Å². The average Bonchev–Trinajstić information content (AvgIpc) is 3.29. The molecule has 2 saturated heterocycles. The average molecular weight is 411 g/mol. The second-order valence-electron chi connectivity index (χ2n) is 7.42. The lowest BCUT2D eigenvalue weighted by atomic mass is 9.94. The van der Waals surface area contributed by atoms with Crippen LogP contribution in [0.4, 0.5) is 11.6 Å². The first kappa shape index (κ1) is 20.0. The van der Waals surface area contributed by atoms with Gasteiger partial charge in [-0.25, -0.2) is 20.0 Å². The van der Waals surface area contributed by atoms with E-state index in [0.717, 1.165) is 17.8 Å². The highest BCUT2D eigenvalue weighted by Gasteiger charge is 2.37. The van der Waals surface area contributed by atoms with Gasteiger partial charge in [0, 0.05) is 44.7 Å². The molecule has 4 rings (SSSR count).